The lowest BCUT2D eigenvalue weighted by molar-refractivity contribution is 0.414. The van der Waals surface area contributed by atoms with Crippen molar-refractivity contribution in [3.8, 4) is 11.8 Å². The maximum absolute atomic E-state index is 9.24. The summed E-state index contributed by atoms with van der Waals surface area (Å²) >= 11 is 3.35. The smallest absolute Gasteiger partial charge is 0.218 e. The topological polar surface area (TPSA) is 79.3 Å². The molecule has 0 atom stereocenters. The molecule has 0 bridgehead atoms. The monoisotopic (exact) mass is 398 g/mol. The van der Waals surface area contributed by atoms with Gasteiger partial charge in [-0.05, 0) is 46.5 Å². The van der Waals surface area contributed by atoms with Gasteiger partial charge in [0.2, 0.25) is 4.73 Å². The van der Waals surface area contributed by atoms with Crippen molar-refractivity contribution in [1.82, 2.24) is 19.6 Å². The number of imidazole rings is 1. The number of hydrogen-bond acceptors (Lipinski definition) is 6. The average Bonchev–Trinajstić information content (AvgIpc) is 3.39. The second-order valence-electron chi connectivity index (χ2n) is 5.90. The second kappa shape index (κ2) is 6.33. The Bertz CT molecular complexity index is 958. The van der Waals surface area contributed by atoms with E-state index < -0.39 is 0 Å². The molecule has 1 aliphatic rings. The Labute approximate surface area is 153 Å². The van der Waals surface area contributed by atoms with Gasteiger partial charge in [-0.2, -0.15) is 14.8 Å². The number of benzene rings is 1. The third-order valence-electron chi connectivity index (χ3n) is 4.20. The van der Waals surface area contributed by atoms with Gasteiger partial charge < -0.3 is 9.64 Å². The maximum Gasteiger partial charge on any atom is 0.218 e. The average molecular weight is 399 g/mol. The normalized spacial score (nSPS) is 13.6. The van der Waals surface area contributed by atoms with Gasteiger partial charge in [0.1, 0.15) is 11.8 Å². The molecule has 0 unspecified atom stereocenters. The van der Waals surface area contributed by atoms with Gasteiger partial charge in [0.05, 0.1) is 13.3 Å². The lowest BCUT2D eigenvalue weighted by Crippen LogP contribution is -2.27. The van der Waals surface area contributed by atoms with E-state index in [1.54, 1.807) is 7.11 Å². The molecule has 1 fully saturated rings. The predicted octanol–water partition coefficient (Wildman–Crippen LogP) is 2.94. The first-order valence-electron chi connectivity index (χ1n) is 7.90. The number of methoxy groups -OCH3 is 1. The van der Waals surface area contributed by atoms with Crippen LogP contribution in [0.15, 0.2) is 35.2 Å². The van der Waals surface area contributed by atoms with Crippen LogP contribution in [0.2, 0.25) is 0 Å². The molecular weight excluding hydrogens is 384 g/mol. The summed E-state index contributed by atoms with van der Waals surface area (Å²) in [6.07, 6.45) is 3.77. The minimum Gasteiger partial charge on any atom is -0.497 e. The highest BCUT2D eigenvalue weighted by molar-refractivity contribution is 9.10. The minimum absolute atomic E-state index is 0.388. The van der Waals surface area contributed by atoms with E-state index in [0.717, 1.165) is 30.0 Å². The molecule has 8 heteroatoms. The van der Waals surface area contributed by atoms with E-state index in [0.29, 0.717) is 28.7 Å². The number of nitrogens with zero attached hydrogens (tertiary/aromatic N) is 6. The molecule has 4 rings (SSSR count). The summed E-state index contributed by atoms with van der Waals surface area (Å²) in [5.41, 5.74) is 2.15. The van der Waals surface area contributed by atoms with Gasteiger partial charge in [0.15, 0.2) is 17.2 Å². The Hall–Kier alpha value is -2.66. The number of rotatable bonds is 5. The summed E-state index contributed by atoms with van der Waals surface area (Å²) in [4.78, 5) is 11.2. The molecule has 1 aliphatic carbocycles. The number of fused-ring (bicyclic) bond motifs is 1. The van der Waals surface area contributed by atoms with Crippen LogP contribution in [0.5, 0.6) is 5.75 Å². The first-order valence-corrected chi connectivity index (χ1v) is 8.70. The van der Waals surface area contributed by atoms with Crippen molar-refractivity contribution in [2.24, 2.45) is 0 Å². The fraction of sp³-hybridized carbons (Fsp3) is 0.294. The van der Waals surface area contributed by atoms with Crippen LogP contribution in [-0.2, 0) is 6.54 Å². The molecule has 1 saturated carbocycles. The van der Waals surface area contributed by atoms with E-state index in [2.05, 4.69) is 42.0 Å². The van der Waals surface area contributed by atoms with E-state index in [1.165, 1.54) is 10.7 Å². The van der Waals surface area contributed by atoms with E-state index in [-0.39, 0.29) is 0 Å². The number of ether oxygens (including phenoxy) is 1. The third-order valence-corrected chi connectivity index (χ3v) is 4.54. The fourth-order valence-electron chi connectivity index (χ4n) is 2.80. The molecule has 7 nitrogen and oxygen atoms in total. The summed E-state index contributed by atoms with van der Waals surface area (Å²) in [7, 11) is 1.66. The van der Waals surface area contributed by atoms with E-state index >= 15 is 0 Å². The molecule has 2 heterocycles. The van der Waals surface area contributed by atoms with Crippen molar-refractivity contribution in [3.05, 3.63) is 46.5 Å². The van der Waals surface area contributed by atoms with E-state index in [4.69, 9.17) is 4.74 Å². The standard InChI is InChI=1S/C17H15BrN6O/c1-25-14-6-2-11(3-7-14)10-23(12-4-5-12)16-15-20-9-13(8-19)24(15)22-17(18)21-16/h2-3,6-7,9,12H,4-5,10H2,1H3. The highest BCUT2D eigenvalue weighted by Gasteiger charge is 2.32. The zero-order valence-corrected chi connectivity index (χ0v) is 15.1. The van der Waals surface area contributed by atoms with E-state index in [9.17, 15) is 5.26 Å². The van der Waals surface area contributed by atoms with Crippen LogP contribution in [0.3, 0.4) is 0 Å². The van der Waals surface area contributed by atoms with Gasteiger partial charge in [-0.25, -0.2) is 4.98 Å². The highest BCUT2D eigenvalue weighted by atomic mass is 79.9. The number of nitriles is 1. The van der Waals surface area contributed by atoms with Crippen molar-refractivity contribution in [3.63, 3.8) is 0 Å². The summed E-state index contributed by atoms with van der Waals surface area (Å²) in [5.74, 6) is 1.57. The molecule has 3 aromatic rings. The second-order valence-corrected chi connectivity index (χ2v) is 6.61. The molecule has 0 saturated heterocycles. The zero-order chi connectivity index (χ0) is 17.4. The summed E-state index contributed by atoms with van der Waals surface area (Å²) in [5, 5.41) is 13.5. The van der Waals surface area contributed by atoms with Gasteiger partial charge in [0, 0.05) is 12.6 Å². The van der Waals surface area contributed by atoms with Crippen molar-refractivity contribution in [2.45, 2.75) is 25.4 Å². The zero-order valence-electron chi connectivity index (χ0n) is 13.6. The quantitative estimate of drug-likeness (QED) is 0.657. The van der Waals surface area contributed by atoms with Crippen LogP contribution < -0.4 is 9.64 Å². The SMILES string of the molecule is COc1ccc(CN(c2nc(Br)nn3c(C#N)cnc23)C2CC2)cc1. The van der Waals surface area contributed by atoms with Gasteiger partial charge in [0.25, 0.3) is 0 Å². The van der Waals surface area contributed by atoms with Crippen LogP contribution in [0.4, 0.5) is 5.82 Å². The molecule has 0 N–H and O–H groups in total. The molecule has 0 amide bonds. The lowest BCUT2D eigenvalue weighted by atomic mass is 10.2. The fourth-order valence-corrected chi connectivity index (χ4v) is 3.13. The van der Waals surface area contributed by atoms with Crippen LogP contribution in [0, 0.1) is 11.3 Å². The largest absolute Gasteiger partial charge is 0.497 e. The highest BCUT2D eigenvalue weighted by Crippen LogP contribution is 2.34. The summed E-state index contributed by atoms with van der Waals surface area (Å²) in [6, 6.07) is 10.5. The van der Waals surface area contributed by atoms with Crippen molar-refractivity contribution in [2.75, 3.05) is 12.0 Å². The van der Waals surface area contributed by atoms with E-state index in [1.807, 2.05) is 24.3 Å². The molecule has 0 aliphatic heterocycles. The summed E-state index contributed by atoms with van der Waals surface area (Å²) in [6.45, 7) is 0.711. The van der Waals surface area contributed by atoms with Crippen LogP contribution in [0.1, 0.15) is 24.1 Å². The lowest BCUT2D eigenvalue weighted by Gasteiger charge is -2.24. The number of aromatic nitrogens is 4. The molecule has 126 valence electrons. The molecular formula is C17H15BrN6O. The number of anilines is 1. The molecule has 0 radical (unpaired) electrons. The molecule has 0 spiro atoms. The maximum atomic E-state index is 9.24. The Morgan fingerprint density at radius 1 is 1.36 bits per heavy atom. The van der Waals surface area contributed by atoms with Crippen LogP contribution in [0.25, 0.3) is 5.65 Å². The first kappa shape index (κ1) is 15.8. The first-order chi connectivity index (χ1) is 12.2. The molecule has 1 aromatic carbocycles. The number of halogens is 1. The van der Waals surface area contributed by atoms with Gasteiger partial charge in [-0.15, -0.1) is 5.10 Å². The predicted molar refractivity (Wildman–Crippen MR) is 95.4 cm³/mol. The Morgan fingerprint density at radius 2 is 2.12 bits per heavy atom. The van der Waals surface area contributed by atoms with Crippen molar-refractivity contribution < 1.29 is 4.74 Å². The minimum atomic E-state index is 0.388. The Balaban J connectivity index is 1.75. The molecule has 2 aromatic heterocycles. The van der Waals surface area contributed by atoms with Gasteiger partial charge in [-0.3, -0.25) is 0 Å². The Morgan fingerprint density at radius 3 is 2.76 bits per heavy atom. The van der Waals surface area contributed by atoms with Crippen molar-refractivity contribution >= 4 is 27.4 Å². The van der Waals surface area contributed by atoms with Crippen molar-refractivity contribution in [1.29, 1.82) is 5.26 Å². The van der Waals surface area contributed by atoms with Crippen LogP contribution >= 0.6 is 15.9 Å². The third kappa shape index (κ3) is 3.03. The summed E-state index contributed by atoms with van der Waals surface area (Å²) < 4.78 is 7.20. The molecule has 25 heavy (non-hydrogen) atoms. The van der Waals surface area contributed by atoms with Gasteiger partial charge in [-0.1, -0.05) is 12.1 Å². The number of hydrogen-bond donors (Lipinski definition) is 0. The Kier molecular flexibility index (Phi) is 4.01. The van der Waals surface area contributed by atoms with Gasteiger partial charge >= 0.3 is 0 Å². The van der Waals surface area contributed by atoms with Crippen LogP contribution in [-0.4, -0.2) is 32.7 Å².